The summed E-state index contributed by atoms with van der Waals surface area (Å²) in [6.45, 7) is 6.23. The van der Waals surface area contributed by atoms with Crippen molar-refractivity contribution in [3.8, 4) is 17.0 Å². The minimum absolute atomic E-state index is 0.185. The lowest BCUT2D eigenvalue weighted by molar-refractivity contribution is 0.0897. The standard InChI is InChI=1S/C18H25N3O3/c1-12(22)10-18(2,3)11-19-17(23)15-9-14(20-21-15)13-7-5-6-8-16(13)24-4/h5-9,12,22H,10-11H2,1-4H3,(H,19,23)(H,20,21). The van der Waals surface area contributed by atoms with Gasteiger partial charge in [-0.2, -0.15) is 5.10 Å². The molecule has 0 saturated carbocycles. The van der Waals surface area contributed by atoms with Crippen LogP contribution in [0.15, 0.2) is 30.3 Å². The molecular weight excluding hydrogens is 306 g/mol. The SMILES string of the molecule is COc1ccccc1-c1cc(C(=O)NCC(C)(C)CC(C)O)[nH]n1. The van der Waals surface area contributed by atoms with Gasteiger partial charge in [0.1, 0.15) is 11.4 Å². The van der Waals surface area contributed by atoms with E-state index >= 15 is 0 Å². The molecule has 3 N–H and O–H groups in total. The lowest BCUT2D eigenvalue weighted by Gasteiger charge is -2.26. The Morgan fingerprint density at radius 2 is 2.12 bits per heavy atom. The number of benzene rings is 1. The second-order valence-corrected chi connectivity index (χ2v) is 6.77. The van der Waals surface area contributed by atoms with E-state index in [4.69, 9.17) is 4.74 Å². The fourth-order valence-electron chi connectivity index (χ4n) is 2.72. The molecule has 0 bridgehead atoms. The minimum Gasteiger partial charge on any atom is -0.496 e. The van der Waals surface area contributed by atoms with Gasteiger partial charge in [0.25, 0.3) is 5.91 Å². The Morgan fingerprint density at radius 3 is 2.79 bits per heavy atom. The molecule has 0 saturated heterocycles. The summed E-state index contributed by atoms with van der Waals surface area (Å²) >= 11 is 0. The lowest BCUT2D eigenvalue weighted by Crippen LogP contribution is -2.35. The van der Waals surface area contributed by atoms with E-state index in [0.29, 0.717) is 30.1 Å². The van der Waals surface area contributed by atoms with Crippen LogP contribution >= 0.6 is 0 Å². The van der Waals surface area contributed by atoms with Crippen molar-refractivity contribution >= 4 is 5.91 Å². The maximum atomic E-state index is 12.3. The molecular formula is C18H25N3O3. The molecule has 0 aliphatic rings. The van der Waals surface area contributed by atoms with Gasteiger partial charge in [-0.15, -0.1) is 0 Å². The molecule has 6 heteroatoms. The van der Waals surface area contributed by atoms with Crippen LogP contribution in [0.5, 0.6) is 5.75 Å². The fraction of sp³-hybridized carbons (Fsp3) is 0.444. The number of hydrogen-bond donors (Lipinski definition) is 3. The summed E-state index contributed by atoms with van der Waals surface area (Å²) in [4.78, 5) is 12.3. The van der Waals surface area contributed by atoms with Crippen molar-refractivity contribution in [3.63, 3.8) is 0 Å². The second-order valence-electron chi connectivity index (χ2n) is 6.77. The third kappa shape index (κ3) is 4.58. The smallest absolute Gasteiger partial charge is 0.269 e. The molecule has 0 aliphatic carbocycles. The van der Waals surface area contributed by atoms with Crippen LogP contribution in [0.25, 0.3) is 11.3 Å². The average molecular weight is 331 g/mol. The third-order valence-electron chi connectivity index (χ3n) is 3.78. The Bertz CT molecular complexity index is 692. The average Bonchev–Trinajstić information content (AvgIpc) is 3.01. The number of aliphatic hydroxyl groups is 1. The van der Waals surface area contributed by atoms with Gasteiger partial charge in [-0.25, -0.2) is 0 Å². The van der Waals surface area contributed by atoms with Crippen molar-refractivity contribution in [2.24, 2.45) is 5.41 Å². The van der Waals surface area contributed by atoms with Gasteiger partial charge in [0, 0.05) is 12.1 Å². The van der Waals surface area contributed by atoms with Crippen molar-refractivity contribution < 1.29 is 14.6 Å². The molecule has 1 aromatic heterocycles. The second kappa shape index (κ2) is 7.49. The van der Waals surface area contributed by atoms with Crippen molar-refractivity contribution in [1.82, 2.24) is 15.5 Å². The zero-order valence-electron chi connectivity index (χ0n) is 14.6. The predicted octanol–water partition coefficient (Wildman–Crippen LogP) is 2.61. The van der Waals surface area contributed by atoms with Crippen LogP contribution in [0.2, 0.25) is 0 Å². The molecule has 1 amide bonds. The van der Waals surface area contributed by atoms with Gasteiger partial charge in [-0.1, -0.05) is 26.0 Å². The Kier molecular flexibility index (Phi) is 5.62. The fourth-order valence-corrected chi connectivity index (χ4v) is 2.72. The number of ether oxygens (including phenoxy) is 1. The van der Waals surface area contributed by atoms with Crippen molar-refractivity contribution in [1.29, 1.82) is 0 Å². The molecule has 2 aromatic rings. The summed E-state index contributed by atoms with van der Waals surface area (Å²) < 4.78 is 5.32. The molecule has 1 aromatic carbocycles. The van der Waals surface area contributed by atoms with E-state index in [1.807, 2.05) is 38.1 Å². The normalized spacial score (nSPS) is 12.7. The van der Waals surface area contributed by atoms with Crippen LogP contribution in [0.1, 0.15) is 37.7 Å². The zero-order valence-corrected chi connectivity index (χ0v) is 14.6. The van der Waals surface area contributed by atoms with Crippen LogP contribution in [0.3, 0.4) is 0 Å². The number of amides is 1. The van der Waals surface area contributed by atoms with Crippen molar-refractivity contribution in [2.45, 2.75) is 33.3 Å². The number of hydrogen-bond acceptors (Lipinski definition) is 4. The Labute approximate surface area is 142 Å². The van der Waals surface area contributed by atoms with E-state index in [9.17, 15) is 9.90 Å². The summed E-state index contributed by atoms with van der Waals surface area (Å²) in [7, 11) is 1.60. The van der Waals surface area contributed by atoms with Crippen LogP contribution < -0.4 is 10.1 Å². The first kappa shape index (κ1) is 18.0. The number of aromatic amines is 1. The van der Waals surface area contributed by atoms with Crippen LogP contribution in [0, 0.1) is 5.41 Å². The van der Waals surface area contributed by atoms with Gasteiger partial charge in [0.15, 0.2) is 0 Å². The molecule has 24 heavy (non-hydrogen) atoms. The van der Waals surface area contributed by atoms with Crippen molar-refractivity contribution in [3.05, 3.63) is 36.0 Å². The first-order valence-electron chi connectivity index (χ1n) is 7.97. The Morgan fingerprint density at radius 1 is 1.42 bits per heavy atom. The molecule has 130 valence electrons. The first-order valence-corrected chi connectivity index (χ1v) is 7.97. The highest BCUT2D eigenvalue weighted by molar-refractivity contribution is 5.93. The topological polar surface area (TPSA) is 87.2 Å². The van der Waals surface area contributed by atoms with Crippen molar-refractivity contribution in [2.75, 3.05) is 13.7 Å². The van der Waals surface area contributed by atoms with E-state index < -0.39 is 6.10 Å². The van der Waals surface area contributed by atoms with Crippen LogP contribution in [-0.4, -0.2) is 41.0 Å². The summed E-state index contributed by atoms with van der Waals surface area (Å²) in [5, 5.41) is 19.4. The largest absolute Gasteiger partial charge is 0.496 e. The number of H-pyrrole nitrogens is 1. The molecule has 0 aliphatic heterocycles. The summed E-state index contributed by atoms with van der Waals surface area (Å²) in [5.74, 6) is 0.483. The number of nitrogens with one attached hydrogen (secondary N) is 2. The maximum Gasteiger partial charge on any atom is 0.269 e. The van der Waals surface area contributed by atoms with Gasteiger partial charge in [0.2, 0.25) is 0 Å². The van der Waals surface area contributed by atoms with E-state index in [2.05, 4.69) is 15.5 Å². The third-order valence-corrected chi connectivity index (χ3v) is 3.78. The van der Waals surface area contributed by atoms with E-state index in [-0.39, 0.29) is 11.3 Å². The number of rotatable bonds is 7. The number of carbonyl (C=O) groups excluding carboxylic acids is 1. The monoisotopic (exact) mass is 331 g/mol. The van der Waals surface area contributed by atoms with Gasteiger partial charge in [-0.05, 0) is 37.0 Å². The molecule has 1 atom stereocenters. The van der Waals surface area contributed by atoms with E-state index in [1.54, 1.807) is 20.1 Å². The van der Waals surface area contributed by atoms with Gasteiger partial charge in [-0.3, -0.25) is 9.89 Å². The molecule has 6 nitrogen and oxygen atoms in total. The number of aliphatic hydroxyl groups excluding tert-OH is 1. The van der Waals surface area contributed by atoms with Crippen LogP contribution in [-0.2, 0) is 0 Å². The van der Waals surface area contributed by atoms with E-state index in [0.717, 1.165) is 5.56 Å². The van der Waals surface area contributed by atoms with Gasteiger partial charge >= 0.3 is 0 Å². The molecule has 0 spiro atoms. The molecule has 0 radical (unpaired) electrons. The first-order chi connectivity index (χ1) is 11.3. The summed E-state index contributed by atoms with van der Waals surface area (Å²) in [6.07, 6.45) is 0.212. The number of carbonyl (C=O) groups is 1. The highest BCUT2D eigenvalue weighted by Gasteiger charge is 2.22. The molecule has 0 fully saturated rings. The van der Waals surface area contributed by atoms with Gasteiger partial charge in [0.05, 0.1) is 18.9 Å². The Hall–Kier alpha value is -2.34. The number of aromatic nitrogens is 2. The molecule has 1 unspecified atom stereocenters. The van der Waals surface area contributed by atoms with E-state index in [1.165, 1.54) is 0 Å². The Balaban J connectivity index is 2.06. The zero-order chi connectivity index (χ0) is 17.7. The number of para-hydroxylation sites is 1. The number of nitrogens with zero attached hydrogens (tertiary/aromatic N) is 1. The maximum absolute atomic E-state index is 12.3. The minimum atomic E-state index is -0.402. The highest BCUT2D eigenvalue weighted by atomic mass is 16.5. The quantitative estimate of drug-likeness (QED) is 0.728. The van der Waals surface area contributed by atoms with Gasteiger partial charge < -0.3 is 15.2 Å². The molecule has 1 heterocycles. The summed E-state index contributed by atoms with van der Waals surface area (Å²) in [6, 6.07) is 9.22. The van der Waals surface area contributed by atoms with Crippen LogP contribution in [0.4, 0.5) is 0 Å². The highest BCUT2D eigenvalue weighted by Crippen LogP contribution is 2.28. The number of methoxy groups -OCH3 is 1. The predicted molar refractivity (Wildman–Crippen MR) is 93.0 cm³/mol. The summed E-state index contributed by atoms with van der Waals surface area (Å²) in [5.41, 5.74) is 1.68. The lowest BCUT2D eigenvalue weighted by atomic mass is 9.87. The molecule has 2 rings (SSSR count).